The summed E-state index contributed by atoms with van der Waals surface area (Å²) in [5.41, 5.74) is 2.90. The number of hydrogen-bond acceptors (Lipinski definition) is 2. The average Bonchev–Trinajstić information content (AvgIpc) is 3.00. The monoisotopic (exact) mass is 356 g/mol. The molecule has 1 heterocycles. The maximum atomic E-state index is 12.4. The highest BCUT2D eigenvalue weighted by Crippen LogP contribution is 2.28. The van der Waals surface area contributed by atoms with Crippen LogP contribution in [0.15, 0.2) is 48.5 Å². The van der Waals surface area contributed by atoms with Crippen LogP contribution in [0.4, 0.5) is 5.69 Å². The van der Waals surface area contributed by atoms with Gasteiger partial charge in [-0.25, -0.2) is 0 Å². The van der Waals surface area contributed by atoms with Crippen molar-refractivity contribution in [2.75, 3.05) is 18.0 Å². The molecule has 0 aromatic heterocycles. The average molecular weight is 357 g/mol. The van der Waals surface area contributed by atoms with E-state index in [-0.39, 0.29) is 24.2 Å². The summed E-state index contributed by atoms with van der Waals surface area (Å²) in [6, 6.07) is 15.5. The number of amides is 2. The van der Waals surface area contributed by atoms with Gasteiger partial charge in [0.05, 0.1) is 5.92 Å². The Morgan fingerprint density at radius 3 is 2.72 bits per heavy atom. The van der Waals surface area contributed by atoms with Gasteiger partial charge in [-0.2, -0.15) is 0 Å². The largest absolute Gasteiger partial charge is 0.355 e. The molecule has 0 radical (unpaired) electrons. The predicted molar refractivity (Wildman–Crippen MR) is 99.8 cm³/mol. The fraction of sp³-hybridized carbons (Fsp3) is 0.300. The molecule has 0 unspecified atom stereocenters. The number of hydrogen-bond donors (Lipinski definition) is 1. The van der Waals surface area contributed by atoms with Crippen molar-refractivity contribution in [3.05, 3.63) is 64.7 Å². The molecule has 2 aromatic carbocycles. The molecular weight excluding hydrogens is 336 g/mol. The van der Waals surface area contributed by atoms with Crippen molar-refractivity contribution in [1.29, 1.82) is 0 Å². The lowest BCUT2D eigenvalue weighted by Gasteiger charge is -2.17. The van der Waals surface area contributed by atoms with Crippen LogP contribution in [0.25, 0.3) is 0 Å². The molecule has 1 aliphatic heterocycles. The second kappa shape index (κ2) is 7.70. The van der Waals surface area contributed by atoms with Crippen LogP contribution in [0.3, 0.4) is 0 Å². The lowest BCUT2D eigenvalue weighted by Crippen LogP contribution is -2.34. The molecule has 1 atom stereocenters. The lowest BCUT2D eigenvalue weighted by molar-refractivity contribution is -0.126. The Bertz CT molecular complexity index is 777. The van der Waals surface area contributed by atoms with Gasteiger partial charge in [0.2, 0.25) is 11.8 Å². The first-order valence-corrected chi connectivity index (χ1v) is 8.80. The topological polar surface area (TPSA) is 49.4 Å². The van der Waals surface area contributed by atoms with Gasteiger partial charge in [0.1, 0.15) is 0 Å². The van der Waals surface area contributed by atoms with E-state index in [1.54, 1.807) is 11.0 Å². The van der Waals surface area contributed by atoms with Gasteiger partial charge in [-0.05, 0) is 36.6 Å². The molecule has 1 saturated heterocycles. The number of carbonyl (C=O) groups is 2. The summed E-state index contributed by atoms with van der Waals surface area (Å²) in [6.45, 7) is 2.89. The van der Waals surface area contributed by atoms with Crippen molar-refractivity contribution >= 4 is 29.1 Å². The zero-order valence-electron chi connectivity index (χ0n) is 14.2. The number of halogens is 1. The highest BCUT2D eigenvalue weighted by molar-refractivity contribution is 6.31. The molecular formula is C20H21ClN2O2. The number of nitrogens with zero attached hydrogens (tertiary/aromatic N) is 1. The second-order valence-electron chi connectivity index (χ2n) is 6.37. The fourth-order valence-corrected chi connectivity index (χ4v) is 3.18. The Balaban J connectivity index is 1.56. The van der Waals surface area contributed by atoms with Crippen LogP contribution in [-0.2, 0) is 16.0 Å². The van der Waals surface area contributed by atoms with Crippen molar-refractivity contribution in [2.24, 2.45) is 5.92 Å². The van der Waals surface area contributed by atoms with E-state index in [9.17, 15) is 9.59 Å². The maximum Gasteiger partial charge on any atom is 0.227 e. The molecule has 0 bridgehead atoms. The normalized spacial score (nSPS) is 17.0. The molecule has 2 aromatic rings. The smallest absolute Gasteiger partial charge is 0.227 e. The molecule has 2 amide bonds. The van der Waals surface area contributed by atoms with Crippen molar-refractivity contribution in [3.8, 4) is 0 Å². The van der Waals surface area contributed by atoms with E-state index >= 15 is 0 Å². The molecule has 25 heavy (non-hydrogen) atoms. The molecule has 0 saturated carbocycles. The van der Waals surface area contributed by atoms with Crippen LogP contribution in [0.1, 0.15) is 17.5 Å². The first kappa shape index (κ1) is 17.5. The zero-order valence-corrected chi connectivity index (χ0v) is 14.9. The number of aryl methyl sites for hydroxylation is 1. The third-order valence-electron chi connectivity index (χ3n) is 4.52. The first-order chi connectivity index (χ1) is 12.0. The van der Waals surface area contributed by atoms with Gasteiger partial charge in [-0.1, -0.05) is 48.0 Å². The van der Waals surface area contributed by atoms with Crippen molar-refractivity contribution < 1.29 is 9.59 Å². The SMILES string of the molecule is Cc1ccc(N2C[C@@H](C(=O)NCCc3ccccc3)CC2=O)cc1Cl. The minimum atomic E-state index is -0.316. The Morgan fingerprint density at radius 1 is 1.24 bits per heavy atom. The molecule has 0 aliphatic carbocycles. The van der Waals surface area contributed by atoms with E-state index in [2.05, 4.69) is 5.32 Å². The van der Waals surface area contributed by atoms with Crippen LogP contribution in [-0.4, -0.2) is 24.9 Å². The quantitative estimate of drug-likeness (QED) is 0.893. The van der Waals surface area contributed by atoms with E-state index in [4.69, 9.17) is 11.6 Å². The van der Waals surface area contributed by atoms with Crippen molar-refractivity contribution in [1.82, 2.24) is 5.32 Å². The van der Waals surface area contributed by atoms with E-state index < -0.39 is 0 Å². The van der Waals surface area contributed by atoms with Crippen LogP contribution in [0, 0.1) is 12.8 Å². The van der Waals surface area contributed by atoms with Gasteiger partial charge in [0.15, 0.2) is 0 Å². The summed E-state index contributed by atoms with van der Waals surface area (Å²) in [5.74, 6) is -0.420. The third kappa shape index (κ3) is 4.20. The lowest BCUT2D eigenvalue weighted by atomic mass is 10.1. The number of rotatable bonds is 5. The standard InChI is InChI=1S/C20H21ClN2O2/c1-14-7-8-17(12-18(14)21)23-13-16(11-19(23)24)20(25)22-10-9-15-5-3-2-4-6-15/h2-8,12,16H,9-11,13H2,1H3,(H,22,25)/t16-/m0/s1. The number of carbonyl (C=O) groups excluding carboxylic acids is 2. The molecule has 1 aliphatic rings. The summed E-state index contributed by atoms with van der Waals surface area (Å²) in [4.78, 5) is 26.3. The van der Waals surface area contributed by atoms with Gasteiger partial charge in [0.25, 0.3) is 0 Å². The Kier molecular flexibility index (Phi) is 5.39. The summed E-state index contributed by atoms with van der Waals surface area (Å²) in [5, 5.41) is 3.57. The predicted octanol–water partition coefficient (Wildman–Crippen LogP) is 3.36. The van der Waals surface area contributed by atoms with Gasteiger partial charge in [-0.15, -0.1) is 0 Å². The first-order valence-electron chi connectivity index (χ1n) is 8.43. The van der Waals surface area contributed by atoms with Crippen LogP contribution in [0.5, 0.6) is 0 Å². The van der Waals surface area contributed by atoms with E-state index in [0.717, 1.165) is 17.7 Å². The third-order valence-corrected chi connectivity index (χ3v) is 4.93. The molecule has 0 spiro atoms. The van der Waals surface area contributed by atoms with Crippen molar-refractivity contribution in [2.45, 2.75) is 19.8 Å². The maximum absolute atomic E-state index is 12.4. The Labute approximate surface area is 152 Å². The number of nitrogens with one attached hydrogen (secondary N) is 1. The highest BCUT2D eigenvalue weighted by atomic mass is 35.5. The zero-order chi connectivity index (χ0) is 17.8. The van der Waals surface area contributed by atoms with E-state index in [1.807, 2.05) is 49.4 Å². The van der Waals surface area contributed by atoms with Crippen LogP contribution >= 0.6 is 11.6 Å². The summed E-state index contributed by atoms with van der Waals surface area (Å²) >= 11 is 6.15. The van der Waals surface area contributed by atoms with Crippen LogP contribution in [0.2, 0.25) is 5.02 Å². The molecule has 5 heteroatoms. The van der Waals surface area contributed by atoms with Crippen LogP contribution < -0.4 is 10.2 Å². The second-order valence-corrected chi connectivity index (χ2v) is 6.77. The summed E-state index contributed by atoms with van der Waals surface area (Å²) < 4.78 is 0. The molecule has 3 rings (SSSR count). The minimum Gasteiger partial charge on any atom is -0.355 e. The molecule has 4 nitrogen and oxygen atoms in total. The van der Waals surface area contributed by atoms with Gasteiger partial charge >= 0.3 is 0 Å². The Hall–Kier alpha value is -2.33. The fourth-order valence-electron chi connectivity index (χ4n) is 3.00. The Morgan fingerprint density at radius 2 is 2.00 bits per heavy atom. The highest BCUT2D eigenvalue weighted by Gasteiger charge is 2.35. The molecule has 1 N–H and O–H groups in total. The van der Waals surface area contributed by atoms with E-state index in [0.29, 0.717) is 18.1 Å². The number of anilines is 1. The number of benzene rings is 2. The summed E-state index contributed by atoms with van der Waals surface area (Å²) in [6.07, 6.45) is 1.02. The van der Waals surface area contributed by atoms with Gasteiger partial charge in [0, 0.05) is 30.2 Å². The molecule has 130 valence electrons. The van der Waals surface area contributed by atoms with Gasteiger partial charge < -0.3 is 10.2 Å². The van der Waals surface area contributed by atoms with Gasteiger partial charge in [-0.3, -0.25) is 9.59 Å². The summed E-state index contributed by atoms with van der Waals surface area (Å²) in [7, 11) is 0. The minimum absolute atomic E-state index is 0.0388. The van der Waals surface area contributed by atoms with E-state index in [1.165, 1.54) is 5.56 Å². The van der Waals surface area contributed by atoms with Crippen molar-refractivity contribution in [3.63, 3.8) is 0 Å². The molecule has 1 fully saturated rings.